The van der Waals surface area contributed by atoms with Crippen molar-refractivity contribution in [1.82, 2.24) is 0 Å². The Hall–Kier alpha value is -2.27. The van der Waals surface area contributed by atoms with Crippen LogP contribution in [0.3, 0.4) is 0 Å². The molecule has 1 fully saturated rings. The molecule has 12 heteroatoms. The summed E-state index contributed by atoms with van der Waals surface area (Å²) < 4.78 is 66.0. The Bertz CT molecular complexity index is 907. The molecule has 2 rings (SSSR count). The van der Waals surface area contributed by atoms with Gasteiger partial charge in [0.15, 0.2) is 6.10 Å². The zero-order valence-electron chi connectivity index (χ0n) is 15.5. The standard InChI is InChI=1S/C16H19F2N3O6S/c1-8-5-9(2)12(10(3)6-8)14(22)26-13-11(7-20-21-19)25-15(16(13,17)18)27-28(4,23)24/h5-6,11,13,15H,7H2,1-4H3/t11-,13-,15?/m1/s1. The van der Waals surface area contributed by atoms with Gasteiger partial charge in [0.25, 0.3) is 10.1 Å². The fraction of sp³-hybridized carbons (Fsp3) is 0.562. The average molecular weight is 419 g/mol. The van der Waals surface area contributed by atoms with Gasteiger partial charge in [-0.15, -0.1) is 0 Å². The van der Waals surface area contributed by atoms with Crippen molar-refractivity contribution in [3.8, 4) is 0 Å². The number of hydrogen-bond donors (Lipinski definition) is 0. The molecule has 1 heterocycles. The molecule has 0 radical (unpaired) electrons. The Kier molecular flexibility index (Phi) is 6.29. The molecule has 1 aliphatic rings. The predicted molar refractivity (Wildman–Crippen MR) is 93.4 cm³/mol. The van der Waals surface area contributed by atoms with Crippen LogP contribution >= 0.6 is 0 Å². The van der Waals surface area contributed by atoms with Crippen molar-refractivity contribution in [1.29, 1.82) is 0 Å². The van der Waals surface area contributed by atoms with Crippen LogP contribution in [-0.2, 0) is 23.8 Å². The Labute approximate surface area is 160 Å². The van der Waals surface area contributed by atoms with Gasteiger partial charge in [0, 0.05) is 4.91 Å². The monoisotopic (exact) mass is 419 g/mol. The van der Waals surface area contributed by atoms with Gasteiger partial charge in [-0.25, -0.2) is 8.98 Å². The van der Waals surface area contributed by atoms with E-state index in [-0.39, 0.29) is 5.56 Å². The number of nitrogens with zero attached hydrogens (tertiary/aromatic N) is 3. The number of carbonyl (C=O) groups excluding carboxylic acids is 1. The smallest absolute Gasteiger partial charge is 0.339 e. The summed E-state index contributed by atoms with van der Waals surface area (Å²) in [5, 5.41) is 3.15. The topological polar surface area (TPSA) is 128 Å². The van der Waals surface area contributed by atoms with Crippen LogP contribution in [0.1, 0.15) is 27.0 Å². The number of rotatable bonds is 6. The number of esters is 1. The molecule has 9 nitrogen and oxygen atoms in total. The quantitative estimate of drug-likeness (QED) is 0.229. The molecule has 3 atom stereocenters. The molecule has 0 saturated carbocycles. The highest BCUT2D eigenvalue weighted by Gasteiger charge is 2.63. The summed E-state index contributed by atoms with van der Waals surface area (Å²) in [6.07, 6.45) is -5.74. The third-order valence-electron chi connectivity index (χ3n) is 4.03. The highest BCUT2D eigenvalue weighted by molar-refractivity contribution is 7.86. The molecule has 0 aliphatic carbocycles. The fourth-order valence-electron chi connectivity index (χ4n) is 3.03. The van der Waals surface area contributed by atoms with Gasteiger partial charge < -0.3 is 9.47 Å². The number of alkyl halides is 2. The maximum Gasteiger partial charge on any atom is 0.339 e. The van der Waals surface area contributed by atoms with Crippen LogP contribution in [0.2, 0.25) is 0 Å². The zero-order chi connectivity index (χ0) is 21.3. The van der Waals surface area contributed by atoms with E-state index in [2.05, 4.69) is 14.2 Å². The van der Waals surface area contributed by atoms with E-state index in [1.165, 1.54) is 0 Å². The summed E-state index contributed by atoms with van der Waals surface area (Å²) in [7, 11) is -4.29. The molecule has 0 spiro atoms. The second-order valence-corrected chi connectivity index (χ2v) is 8.10. The summed E-state index contributed by atoms with van der Waals surface area (Å²) in [5.74, 6) is -5.03. The molecule has 0 amide bonds. The van der Waals surface area contributed by atoms with Crippen LogP contribution in [0.4, 0.5) is 8.78 Å². The molecular formula is C16H19F2N3O6S. The maximum atomic E-state index is 14.7. The number of azide groups is 1. The van der Waals surface area contributed by atoms with Gasteiger partial charge in [-0.2, -0.15) is 17.2 Å². The minimum atomic E-state index is -4.29. The molecule has 1 aliphatic heterocycles. The minimum absolute atomic E-state index is 0.108. The average Bonchev–Trinajstić information content (AvgIpc) is 2.74. The van der Waals surface area contributed by atoms with Gasteiger partial charge in [0.2, 0.25) is 6.29 Å². The van der Waals surface area contributed by atoms with Crippen molar-refractivity contribution < 1.29 is 35.6 Å². The van der Waals surface area contributed by atoms with Gasteiger partial charge in [-0.1, -0.05) is 22.8 Å². The predicted octanol–water partition coefficient (Wildman–Crippen LogP) is 2.78. The minimum Gasteiger partial charge on any atom is -0.449 e. The molecule has 1 aromatic rings. The normalized spacial score (nSPS) is 23.9. The third kappa shape index (κ3) is 4.76. The van der Waals surface area contributed by atoms with Gasteiger partial charge >= 0.3 is 11.9 Å². The van der Waals surface area contributed by atoms with Crippen molar-refractivity contribution in [2.45, 2.75) is 45.2 Å². The molecule has 1 saturated heterocycles. The van der Waals surface area contributed by atoms with Crippen LogP contribution in [0.15, 0.2) is 17.2 Å². The first kappa shape index (κ1) is 22.0. The Morgan fingerprint density at radius 3 is 2.39 bits per heavy atom. The number of halogens is 2. The third-order valence-corrected chi connectivity index (χ3v) is 4.56. The first-order valence-electron chi connectivity index (χ1n) is 8.08. The SMILES string of the molecule is Cc1cc(C)c(C(=O)O[C@@H]2[C@@H](CN=[N+]=[N-])OC(OS(C)(=O)=O)C2(F)F)c(C)c1. The van der Waals surface area contributed by atoms with Crippen LogP contribution in [0.5, 0.6) is 0 Å². The van der Waals surface area contributed by atoms with Crippen molar-refractivity contribution in [3.05, 3.63) is 44.8 Å². The number of aryl methyl sites for hydroxylation is 3. The highest BCUT2D eigenvalue weighted by Crippen LogP contribution is 2.40. The van der Waals surface area contributed by atoms with E-state index in [9.17, 15) is 22.0 Å². The number of benzene rings is 1. The van der Waals surface area contributed by atoms with Crippen molar-refractivity contribution in [2.75, 3.05) is 12.8 Å². The molecule has 1 unspecified atom stereocenters. The first-order chi connectivity index (χ1) is 12.9. The van der Waals surface area contributed by atoms with Crippen LogP contribution in [-0.4, -0.2) is 51.6 Å². The second-order valence-electron chi connectivity index (χ2n) is 6.49. The van der Waals surface area contributed by atoms with E-state index in [1.54, 1.807) is 26.0 Å². The van der Waals surface area contributed by atoms with Crippen LogP contribution in [0.25, 0.3) is 10.4 Å². The number of hydrogen-bond acceptors (Lipinski definition) is 7. The van der Waals surface area contributed by atoms with Crippen molar-refractivity contribution >= 4 is 16.1 Å². The molecule has 0 N–H and O–H groups in total. The Balaban J connectivity index is 2.36. The van der Waals surface area contributed by atoms with Crippen LogP contribution in [0, 0.1) is 20.8 Å². The molecule has 0 aromatic heterocycles. The van der Waals surface area contributed by atoms with Gasteiger partial charge in [-0.05, 0) is 37.4 Å². The van der Waals surface area contributed by atoms with E-state index < -0.39 is 47.1 Å². The summed E-state index contributed by atoms with van der Waals surface area (Å²) >= 11 is 0. The molecule has 0 bridgehead atoms. The van der Waals surface area contributed by atoms with E-state index in [0.717, 1.165) is 5.56 Å². The lowest BCUT2D eigenvalue weighted by Crippen LogP contribution is -2.45. The summed E-state index contributed by atoms with van der Waals surface area (Å²) in [6, 6.07) is 3.39. The number of ether oxygens (including phenoxy) is 2. The molecular weight excluding hydrogens is 400 g/mol. The lowest BCUT2D eigenvalue weighted by Gasteiger charge is -2.23. The van der Waals surface area contributed by atoms with Crippen LogP contribution < -0.4 is 0 Å². The van der Waals surface area contributed by atoms with E-state index in [4.69, 9.17) is 15.0 Å². The van der Waals surface area contributed by atoms with Crippen molar-refractivity contribution in [2.24, 2.45) is 5.11 Å². The largest absolute Gasteiger partial charge is 0.449 e. The molecule has 154 valence electrons. The summed E-state index contributed by atoms with van der Waals surface area (Å²) in [6.45, 7) is 4.47. The van der Waals surface area contributed by atoms with Crippen molar-refractivity contribution in [3.63, 3.8) is 0 Å². The van der Waals surface area contributed by atoms with Gasteiger partial charge in [0.1, 0.15) is 6.10 Å². The van der Waals surface area contributed by atoms with Gasteiger partial charge in [-0.3, -0.25) is 0 Å². The van der Waals surface area contributed by atoms with E-state index in [1.807, 2.05) is 6.92 Å². The highest BCUT2D eigenvalue weighted by atomic mass is 32.2. The number of carbonyl (C=O) groups is 1. The lowest BCUT2D eigenvalue weighted by atomic mass is 10.00. The first-order valence-corrected chi connectivity index (χ1v) is 9.89. The Morgan fingerprint density at radius 2 is 1.89 bits per heavy atom. The van der Waals surface area contributed by atoms with E-state index in [0.29, 0.717) is 17.4 Å². The molecule has 28 heavy (non-hydrogen) atoms. The lowest BCUT2D eigenvalue weighted by molar-refractivity contribution is -0.182. The molecule has 1 aromatic carbocycles. The van der Waals surface area contributed by atoms with E-state index >= 15 is 0 Å². The zero-order valence-corrected chi connectivity index (χ0v) is 16.4. The summed E-state index contributed by atoms with van der Waals surface area (Å²) in [4.78, 5) is 15.0. The fourth-order valence-corrected chi connectivity index (χ4v) is 3.53. The van der Waals surface area contributed by atoms with Gasteiger partial charge in [0.05, 0.1) is 18.4 Å². The Morgan fingerprint density at radius 1 is 1.32 bits per heavy atom. The summed E-state index contributed by atoms with van der Waals surface area (Å²) in [5.41, 5.74) is 10.5. The second kappa shape index (κ2) is 8.00. The maximum absolute atomic E-state index is 14.7.